The first kappa shape index (κ1) is 63.8. The van der Waals surface area contributed by atoms with Gasteiger partial charge >= 0.3 is 67.8 Å². The van der Waals surface area contributed by atoms with Crippen LogP contribution in [0, 0.1) is 6.57 Å². The molecule has 27 heteroatoms. The summed E-state index contributed by atoms with van der Waals surface area (Å²) in [5.74, 6) is -6.71. The normalized spacial score (nSPS) is 20.4. The van der Waals surface area contributed by atoms with Gasteiger partial charge in [0.15, 0.2) is 0 Å². The molecule has 5 amide bonds. The van der Waals surface area contributed by atoms with Crippen LogP contribution in [0.5, 0.6) is 0 Å². The van der Waals surface area contributed by atoms with Crippen LogP contribution in [0.25, 0.3) is 4.85 Å². The molecule has 0 spiro atoms. The van der Waals surface area contributed by atoms with Gasteiger partial charge in [-0.1, -0.05) is 43.2 Å². The Morgan fingerprint density at radius 1 is 0.737 bits per heavy atom. The van der Waals surface area contributed by atoms with E-state index in [-0.39, 0.29) is 82.6 Å². The number of ether oxygens (including phenoxy) is 3. The van der Waals surface area contributed by atoms with Gasteiger partial charge in [0.05, 0.1) is 19.4 Å². The van der Waals surface area contributed by atoms with E-state index in [0.29, 0.717) is 77.7 Å². The van der Waals surface area contributed by atoms with Crippen molar-refractivity contribution in [2.24, 2.45) is 0 Å². The van der Waals surface area contributed by atoms with Gasteiger partial charge in [-0.05, 0) is 82.5 Å². The van der Waals surface area contributed by atoms with Crippen molar-refractivity contribution in [1.82, 2.24) is 41.3 Å². The van der Waals surface area contributed by atoms with Gasteiger partial charge in [0.25, 0.3) is 6.57 Å². The molecule has 0 aliphatic carbocycles. The molecule has 0 bridgehead atoms. The summed E-state index contributed by atoms with van der Waals surface area (Å²) in [4.78, 5) is 133. The Kier molecular flexibility index (Phi) is 26.0. The summed E-state index contributed by atoms with van der Waals surface area (Å²) in [7, 11) is 0. The number of amides is 5. The van der Waals surface area contributed by atoms with Gasteiger partial charge in [-0.15, -0.1) is 0 Å². The molecule has 25 nitrogen and oxygen atoms in total. The molecule has 3 fully saturated rings. The van der Waals surface area contributed by atoms with Crippen molar-refractivity contribution in [3.63, 3.8) is 0 Å². The van der Waals surface area contributed by atoms with Gasteiger partial charge in [-0.3, -0.25) is 39.0 Å². The number of carbonyl (C=O) groups is 10. The number of carboxylic acid groups (broad SMARTS) is 3. The van der Waals surface area contributed by atoms with Crippen LogP contribution in [-0.4, -0.2) is 194 Å². The fourth-order valence-electron chi connectivity index (χ4n) is 8.91. The molecule has 1 aromatic rings. The Bertz CT molecular complexity index is 2210. The topological polar surface area (TPSA) is 333 Å². The molecule has 0 saturated carbocycles. The molecular formula is C49H72AlFN9O16+3. The molecule has 8 N–H and O–H groups in total. The number of fused-ring (bicyclic) bond motifs is 3. The number of hydrogen-bond acceptors (Lipinski definition) is 16. The second-order valence-corrected chi connectivity index (χ2v) is 19.2. The zero-order valence-corrected chi connectivity index (χ0v) is 44.6. The standard InChI is InChI=1S/C49H71N9O16.Al.FH/c1-46(43(67)68,54-45(71)55-49(50-4,44(69)70)23-21-39(62)63)22-13-15-25-51-36(59)19-10-5-6-11-20-37(60)53-35(42(66)72-33-34-16-8-7-9-17-34)18-12-14-24-52-38(61)30-56-26-28-57-31-40(64)73-47(57,2)48(3)58(29-27-56)32-41(65)74-48;;/h4,7-9,16-17,35H,5-6,10-15,18-33H2,1-3H3,(H7-,51,52,53,54,55,59,60,61,62,63,67,68,69,70,71);;1H/q;+3;/t35?,46-,47-,48+,49-;;/m0../s1. The van der Waals surface area contributed by atoms with Crippen LogP contribution in [0.4, 0.5) is 8.32 Å². The fourth-order valence-corrected chi connectivity index (χ4v) is 8.91. The van der Waals surface area contributed by atoms with E-state index in [4.69, 9.17) is 25.9 Å². The van der Waals surface area contributed by atoms with Crippen LogP contribution in [-0.2, 0) is 64.0 Å². The number of hydrogen-bond donors (Lipinski definition) is 8. The van der Waals surface area contributed by atoms with Crippen LogP contribution >= 0.6 is 0 Å². The average Bonchev–Trinajstić information content (AvgIpc) is 3.86. The predicted molar refractivity (Wildman–Crippen MR) is 268 cm³/mol. The van der Waals surface area contributed by atoms with E-state index in [1.165, 1.54) is 6.92 Å². The van der Waals surface area contributed by atoms with Crippen LogP contribution in [0.1, 0.15) is 116 Å². The van der Waals surface area contributed by atoms with Crippen molar-refractivity contribution >= 4 is 76.3 Å². The fraction of sp³-hybridized carbons (Fsp3) is 0.653. The summed E-state index contributed by atoms with van der Waals surface area (Å²) in [6, 6.07) is 6.97. The van der Waals surface area contributed by atoms with Crippen molar-refractivity contribution in [2.75, 3.05) is 58.9 Å². The summed E-state index contributed by atoms with van der Waals surface area (Å²) in [6.07, 6.45) is 3.05. The van der Waals surface area contributed by atoms with Crippen LogP contribution in [0.15, 0.2) is 30.3 Å². The third-order valence-corrected chi connectivity index (χ3v) is 13.6. The first-order valence-corrected chi connectivity index (χ1v) is 25.6. The molecule has 1 unspecified atom stereocenters. The first-order valence-electron chi connectivity index (χ1n) is 25.2. The number of urea groups is 1. The number of nitrogens with zero attached hydrogens (tertiary/aromatic N) is 4. The van der Waals surface area contributed by atoms with Gasteiger partial charge < -0.3 is 50.8 Å². The molecular weight excluding hydrogens is 1020 g/mol. The monoisotopic (exact) mass is 1090 g/mol. The van der Waals surface area contributed by atoms with Gasteiger partial charge in [0, 0.05) is 52.1 Å². The second-order valence-electron chi connectivity index (χ2n) is 19.2. The Morgan fingerprint density at radius 2 is 1.29 bits per heavy atom. The number of carboxylic acids is 3. The van der Waals surface area contributed by atoms with Crippen molar-refractivity contribution in [3.8, 4) is 6.57 Å². The summed E-state index contributed by atoms with van der Waals surface area (Å²) >= 11 is 0.917. The average molecular weight is 1090 g/mol. The van der Waals surface area contributed by atoms with E-state index in [1.54, 1.807) is 13.8 Å². The van der Waals surface area contributed by atoms with Crippen LogP contribution < -0.4 is 26.6 Å². The molecule has 3 aliphatic heterocycles. The maximum atomic E-state index is 13.3. The van der Waals surface area contributed by atoms with Crippen LogP contribution in [0.2, 0.25) is 0 Å². The van der Waals surface area contributed by atoms with Gasteiger partial charge in [0.1, 0.15) is 31.3 Å². The Labute approximate surface area is 449 Å². The van der Waals surface area contributed by atoms with Gasteiger partial charge in [-0.25, -0.2) is 29.0 Å². The molecule has 0 radical (unpaired) electrons. The van der Waals surface area contributed by atoms with E-state index in [9.17, 15) is 61.7 Å². The zero-order chi connectivity index (χ0) is 56.5. The number of unbranched alkanes of at least 4 members (excludes halogenated alkanes) is 5. The molecule has 1 aromatic carbocycles. The molecule has 4 rings (SSSR count). The number of rotatable bonds is 30. The zero-order valence-electron chi connectivity index (χ0n) is 43.4. The van der Waals surface area contributed by atoms with Crippen molar-refractivity contribution < 1.29 is 81.0 Å². The third-order valence-electron chi connectivity index (χ3n) is 13.6. The van der Waals surface area contributed by atoms with E-state index >= 15 is 0 Å². The quantitative estimate of drug-likeness (QED) is 0.0233. The summed E-state index contributed by atoms with van der Waals surface area (Å²) in [5, 5.41) is 41.0. The Hall–Kier alpha value is -6.45. The molecule has 3 aliphatic rings. The van der Waals surface area contributed by atoms with Crippen molar-refractivity contribution in [2.45, 2.75) is 146 Å². The Balaban J connectivity index is 0.00000751. The molecule has 416 valence electrons. The Morgan fingerprint density at radius 3 is 1.83 bits per heavy atom. The first-order chi connectivity index (χ1) is 36.0. The van der Waals surface area contributed by atoms with Crippen molar-refractivity contribution in [3.05, 3.63) is 40.7 Å². The number of halogens is 1. The summed E-state index contributed by atoms with van der Waals surface area (Å²) in [5.41, 5.74) is -5.96. The molecule has 5 atom stereocenters. The van der Waals surface area contributed by atoms with Crippen molar-refractivity contribution in [1.29, 1.82) is 0 Å². The number of aliphatic carboxylic acids is 3. The van der Waals surface area contributed by atoms with E-state index < -0.39 is 83.4 Å². The predicted octanol–water partition coefficient (Wildman–Crippen LogP) is 1.38. The van der Waals surface area contributed by atoms with Crippen LogP contribution in [0.3, 0.4) is 0 Å². The van der Waals surface area contributed by atoms with E-state index in [2.05, 4.69) is 26.1 Å². The second kappa shape index (κ2) is 30.9. The van der Waals surface area contributed by atoms with Gasteiger partial charge in [-0.2, -0.15) is 0 Å². The third kappa shape index (κ3) is 19.3. The summed E-state index contributed by atoms with van der Waals surface area (Å²) < 4.78 is 26.5. The number of carbonyl (C=O) groups excluding carboxylic acids is 7. The molecule has 3 heterocycles. The van der Waals surface area contributed by atoms with E-state index in [0.717, 1.165) is 22.3 Å². The van der Waals surface area contributed by atoms with E-state index in [1.807, 2.05) is 50.3 Å². The molecule has 76 heavy (non-hydrogen) atoms. The summed E-state index contributed by atoms with van der Waals surface area (Å²) in [6.45, 7) is 12.3. The molecule has 0 aromatic heterocycles. The SMILES string of the molecule is C#[N+][C@@](CCC(=O)O)(NC(=O)N[C@@](C)(CCCCNC(=O)CCCCCCC(=O)NC(CCCCNC(=O)CN1CCN2CC(=O)O[C@]2(C)[C@]2(C)OC(=O)CN2CC1)C(=O)OCc1ccccc1)C(=O)O)C(=O)O.[F][Al+2]. The number of esters is 3. The number of nitrogens with one attached hydrogen (secondary N) is 5. The minimum atomic E-state index is -2.50. The maximum absolute atomic E-state index is 13.3. The van der Waals surface area contributed by atoms with Gasteiger partial charge in [0.2, 0.25) is 29.2 Å². The molecule has 3 saturated heterocycles. The number of benzene rings is 1. The minimum absolute atomic E-state index is 0.0277.